The second-order valence-electron chi connectivity index (χ2n) is 5.02. The number of carbonyl (C=O) groups excluding carboxylic acids is 1. The molecule has 0 bridgehead atoms. The van der Waals surface area contributed by atoms with Gasteiger partial charge >= 0.3 is 5.97 Å². The number of aromatic nitrogens is 1. The fraction of sp³-hybridized carbons (Fsp3) is 0.312. The zero-order chi connectivity index (χ0) is 17.5. The van der Waals surface area contributed by atoms with Crippen LogP contribution in [-0.4, -0.2) is 28.0 Å². The number of rotatable bonds is 8. The average Bonchev–Trinajstić information content (AvgIpc) is 2.99. The summed E-state index contributed by atoms with van der Waals surface area (Å²) in [5.41, 5.74) is 0.590. The van der Waals surface area contributed by atoms with Gasteiger partial charge in [-0.1, -0.05) is 18.5 Å². The number of halogens is 1. The Morgan fingerprint density at radius 1 is 1.38 bits per heavy atom. The van der Waals surface area contributed by atoms with Crippen LogP contribution in [-0.2, 0) is 22.6 Å². The highest BCUT2D eigenvalue weighted by molar-refractivity contribution is 7.09. The molecule has 1 aromatic carbocycles. The van der Waals surface area contributed by atoms with Gasteiger partial charge in [-0.25, -0.2) is 9.78 Å². The molecule has 0 aliphatic heterocycles. The molecule has 1 amide bonds. The van der Waals surface area contributed by atoms with E-state index < -0.39 is 12.0 Å². The number of thiazole rings is 1. The first-order valence-corrected chi connectivity index (χ1v) is 8.57. The molecule has 2 aromatic rings. The number of ether oxygens (including phenoxy) is 1. The van der Waals surface area contributed by atoms with Crippen molar-refractivity contribution in [1.29, 1.82) is 0 Å². The van der Waals surface area contributed by atoms with Crippen molar-refractivity contribution in [3.8, 4) is 5.75 Å². The van der Waals surface area contributed by atoms with Crippen LogP contribution in [0.1, 0.15) is 24.0 Å². The van der Waals surface area contributed by atoms with E-state index in [0.717, 1.165) is 5.01 Å². The molecule has 24 heavy (non-hydrogen) atoms. The summed E-state index contributed by atoms with van der Waals surface area (Å²) in [4.78, 5) is 27.1. The second kappa shape index (κ2) is 8.65. The van der Waals surface area contributed by atoms with Crippen molar-refractivity contribution in [1.82, 2.24) is 10.3 Å². The standard InChI is InChI=1S/C16H17ClN2O4S/c1-2-13(16(21)22)19-14(20)7-11-9-24-15(18-11)8-23-12-5-3-10(17)4-6-12/h3-6,9,13H,2,7-8H2,1H3,(H,19,20)(H,21,22). The highest BCUT2D eigenvalue weighted by atomic mass is 35.5. The third kappa shape index (κ3) is 5.50. The maximum atomic E-state index is 11.9. The van der Waals surface area contributed by atoms with Gasteiger partial charge in [0.25, 0.3) is 0 Å². The minimum atomic E-state index is -1.04. The number of hydrogen-bond acceptors (Lipinski definition) is 5. The molecule has 0 aliphatic rings. The Kier molecular flexibility index (Phi) is 6.57. The van der Waals surface area contributed by atoms with Gasteiger partial charge in [-0.3, -0.25) is 4.79 Å². The number of carbonyl (C=O) groups is 2. The van der Waals surface area contributed by atoms with Crippen LogP contribution in [0.3, 0.4) is 0 Å². The molecule has 8 heteroatoms. The number of nitrogens with zero attached hydrogens (tertiary/aromatic N) is 1. The molecule has 0 aliphatic carbocycles. The molecule has 6 nitrogen and oxygen atoms in total. The lowest BCUT2D eigenvalue weighted by molar-refractivity contribution is -0.141. The van der Waals surface area contributed by atoms with Crippen molar-refractivity contribution < 1.29 is 19.4 Å². The molecule has 1 aromatic heterocycles. The Morgan fingerprint density at radius 3 is 2.71 bits per heavy atom. The quantitative estimate of drug-likeness (QED) is 0.747. The number of hydrogen-bond donors (Lipinski definition) is 2. The molecular weight excluding hydrogens is 352 g/mol. The van der Waals surface area contributed by atoms with Crippen molar-refractivity contribution in [2.45, 2.75) is 32.4 Å². The highest BCUT2D eigenvalue weighted by Gasteiger charge is 2.18. The summed E-state index contributed by atoms with van der Waals surface area (Å²) in [5, 5.41) is 14.5. The van der Waals surface area contributed by atoms with Gasteiger partial charge in [-0.15, -0.1) is 11.3 Å². The van der Waals surface area contributed by atoms with Crippen molar-refractivity contribution in [3.05, 3.63) is 45.4 Å². The molecule has 0 saturated carbocycles. The van der Waals surface area contributed by atoms with E-state index in [9.17, 15) is 9.59 Å². The van der Waals surface area contributed by atoms with Gasteiger partial charge in [-0.2, -0.15) is 0 Å². The minimum absolute atomic E-state index is 0.0429. The van der Waals surface area contributed by atoms with Gasteiger partial charge in [-0.05, 0) is 30.7 Å². The molecule has 0 saturated heterocycles. The van der Waals surface area contributed by atoms with Crippen LogP contribution in [0.4, 0.5) is 0 Å². The number of nitrogens with one attached hydrogen (secondary N) is 1. The number of carboxylic acid groups (broad SMARTS) is 1. The molecule has 0 radical (unpaired) electrons. The molecule has 1 unspecified atom stereocenters. The van der Waals surface area contributed by atoms with Crippen LogP contribution in [0.5, 0.6) is 5.75 Å². The van der Waals surface area contributed by atoms with Crippen molar-refractivity contribution >= 4 is 34.8 Å². The van der Waals surface area contributed by atoms with E-state index in [1.807, 2.05) is 0 Å². The van der Waals surface area contributed by atoms with Crippen LogP contribution in [0.2, 0.25) is 5.02 Å². The largest absolute Gasteiger partial charge is 0.486 e. The lowest BCUT2D eigenvalue weighted by atomic mass is 10.2. The maximum absolute atomic E-state index is 11.9. The van der Waals surface area contributed by atoms with E-state index >= 15 is 0 Å². The molecule has 2 rings (SSSR count). The van der Waals surface area contributed by atoms with Gasteiger partial charge < -0.3 is 15.2 Å². The normalized spacial score (nSPS) is 11.8. The van der Waals surface area contributed by atoms with Crippen LogP contribution in [0, 0.1) is 0 Å². The van der Waals surface area contributed by atoms with E-state index in [0.29, 0.717) is 29.5 Å². The zero-order valence-electron chi connectivity index (χ0n) is 13.0. The number of benzene rings is 1. The first kappa shape index (κ1) is 18.2. The summed E-state index contributed by atoms with van der Waals surface area (Å²) in [6.07, 6.45) is 0.375. The van der Waals surface area contributed by atoms with Gasteiger partial charge in [0, 0.05) is 10.4 Å². The van der Waals surface area contributed by atoms with Gasteiger partial charge in [0.1, 0.15) is 23.4 Å². The smallest absolute Gasteiger partial charge is 0.326 e. The van der Waals surface area contributed by atoms with Gasteiger partial charge in [0.15, 0.2) is 0 Å². The minimum Gasteiger partial charge on any atom is -0.486 e. The van der Waals surface area contributed by atoms with E-state index in [1.54, 1.807) is 36.6 Å². The Labute approximate surface area is 148 Å². The van der Waals surface area contributed by atoms with Crippen LogP contribution >= 0.6 is 22.9 Å². The van der Waals surface area contributed by atoms with Crippen molar-refractivity contribution in [2.75, 3.05) is 0 Å². The van der Waals surface area contributed by atoms with Gasteiger partial charge in [0.2, 0.25) is 5.91 Å². The summed E-state index contributed by atoms with van der Waals surface area (Å²) in [7, 11) is 0. The number of carboxylic acids is 1. The summed E-state index contributed by atoms with van der Waals surface area (Å²) in [6, 6.07) is 6.13. The summed E-state index contributed by atoms with van der Waals surface area (Å²) < 4.78 is 5.59. The molecule has 128 valence electrons. The number of aliphatic carboxylic acids is 1. The molecule has 2 N–H and O–H groups in total. The average molecular weight is 369 g/mol. The predicted octanol–water partition coefficient (Wildman–Crippen LogP) is 2.90. The van der Waals surface area contributed by atoms with E-state index in [-0.39, 0.29) is 12.3 Å². The monoisotopic (exact) mass is 368 g/mol. The Morgan fingerprint density at radius 2 is 2.08 bits per heavy atom. The zero-order valence-corrected chi connectivity index (χ0v) is 14.6. The first-order chi connectivity index (χ1) is 11.5. The SMILES string of the molecule is CCC(NC(=O)Cc1csc(COc2ccc(Cl)cc2)n1)C(=O)O. The third-order valence-corrected chi connectivity index (χ3v) is 4.28. The fourth-order valence-corrected chi connectivity index (χ4v) is 2.75. The lowest BCUT2D eigenvalue weighted by Gasteiger charge is -2.11. The summed E-state index contributed by atoms with van der Waals surface area (Å²) >= 11 is 7.19. The van der Waals surface area contributed by atoms with Crippen LogP contribution in [0.15, 0.2) is 29.6 Å². The maximum Gasteiger partial charge on any atom is 0.326 e. The molecule has 0 spiro atoms. The van der Waals surface area contributed by atoms with Gasteiger partial charge in [0.05, 0.1) is 12.1 Å². The van der Waals surface area contributed by atoms with E-state index in [1.165, 1.54) is 11.3 Å². The molecule has 1 atom stereocenters. The highest BCUT2D eigenvalue weighted by Crippen LogP contribution is 2.18. The van der Waals surface area contributed by atoms with E-state index in [4.69, 9.17) is 21.4 Å². The summed E-state index contributed by atoms with van der Waals surface area (Å²) in [5.74, 6) is -0.720. The Hall–Kier alpha value is -2.12. The van der Waals surface area contributed by atoms with Crippen LogP contribution in [0.25, 0.3) is 0 Å². The topological polar surface area (TPSA) is 88.5 Å². The lowest BCUT2D eigenvalue weighted by Crippen LogP contribution is -2.41. The Balaban J connectivity index is 1.85. The predicted molar refractivity (Wildman–Crippen MR) is 91.5 cm³/mol. The van der Waals surface area contributed by atoms with Crippen LogP contribution < -0.4 is 10.1 Å². The Bertz CT molecular complexity index is 702. The second-order valence-corrected chi connectivity index (χ2v) is 6.40. The molecular formula is C16H17ClN2O4S. The first-order valence-electron chi connectivity index (χ1n) is 7.31. The fourth-order valence-electron chi connectivity index (χ4n) is 1.92. The summed E-state index contributed by atoms with van der Waals surface area (Å²) in [6.45, 7) is 1.99. The number of amides is 1. The van der Waals surface area contributed by atoms with E-state index in [2.05, 4.69) is 10.3 Å². The van der Waals surface area contributed by atoms with Crippen molar-refractivity contribution in [2.24, 2.45) is 0 Å². The van der Waals surface area contributed by atoms with Crippen molar-refractivity contribution in [3.63, 3.8) is 0 Å². The molecule has 1 heterocycles. The molecule has 0 fully saturated rings. The third-order valence-electron chi connectivity index (χ3n) is 3.16.